The minimum Gasteiger partial charge on any atom is -0.366 e. The molecule has 3 aromatic rings. The lowest BCUT2D eigenvalue weighted by molar-refractivity contribution is 0.0746. The summed E-state index contributed by atoms with van der Waals surface area (Å²) >= 11 is 0. The molecule has 2 heterocycles. The summed E-state index contributed by atoms with van der Waals surface area (Å²) in [5.74, 6) is -0.453. The van der Waals surface area contributed by atoms with Crippen LogP contribution >= 0.6 is 0 Å². The van der Waals surface area contributed by atoms with Gasteiger partial charge >= 0.3 is 0 Å². The van der Waals surface area contributed by atoms with Crippen LogP contribution in [0.1, 0.15) is 83.1 Å². The second kappa shape index (κ2) is 13.0. The second-order valence-corrected chi connectivity index (χ2v) is 12.6. The second-order valence-electron chi connectivity index (χ2n) is 12.6. The van der Waals surface area contributed by atoms with Crippen molar-refractivity contribution in [3.63, 3.8) is 0 Å². The predicted octanol–water partition coefficient (Wildman–Crippen LogP) is 4.59. The van der Waals surface area contributed by atoms with Crippen LogP contribution in [0.15, 0.2) is 67.0 Å². The molecule has 5 rings (SSSR count). The van der Waals surface area contributed by atoms with E-state index in [1.807, 2.05) is 35.2 Å². The molecule has 0 spiro atoms. The van der Waals surface area contributed by atoms with E-state index in [0.29, 0.717) is 48.6 Å². The van der Waals surface area contributed by atoms with Crippen molar-refractivity contribution < 1.29 is 14.4 Å². The van der Waals surface area contributed by atoms with E-state index in [1.165, 1.54) is 0 Å². The lowest BCUT2D eigenvalue weighted by Gasteiger charge is -2.37. The molecule has 43 heavy (non-hydrogen) atoms. The Morgan fingerprint density at radius 3 is 2.14 bits per heavy atom. The third-order valence-electron chi connectivity index (χ3n) is 8.44. The Labute approximate surface area is 253 Å². The number of benzene rings is 2. The van der Waals surface area contributed by atoms with Gasteiger partial charge in [0.05, 0.1) is 16.9 Å². The number of aromatic nitrogens is 1. The van der Waals surface area contributed by atoms with Crippen LogP contribution < -0.4 is 21.3 Å². The molecule has 1 aliphatic carbocycles. The fourth-order valence-corrected chi connectivity index (χ4v) is 5.72. The molecule has 2 aliphatic rings. The van der Waals surface area contributed by atoms with Crippen LogP contribution in [-0.4, -0.2) is 65.9 Å². The number of amides is 3. The van der Waals surface area contributed by atoms with Gasteiger partial charge in [0.15, 0.2) is 0 Å². The van der Waals surface area contributed by atoms with E-state index in [1.54, 1.807) is 36.7 Å². The number of carbonyl (C=O) groups excluding carboxylic acids is 3. The number of hydrogen-bond donors (Lipinski definition) is 3. The van der Waals surface area contributed by atoms with Gasteiger partial charge in [-0.2, -0.15) is 0 Å². The summed E-state index contributed by atoms with van der Waals surface area (Å²) in [6, 6.07) is 16.9. The topological polar surface area (TPSA) is 121 Å². The van der Waals surface area contributed by atoms with E-state index < -0.39 is 0 Å². The number of anilines is 2. The van der Waals surface area contributed by atoms with Crippen LogP contribution in [0.2, 0.25) is 0 Å². The summed E-state index contributed by atoms with van der Waals surface area (Å²) in [5, 5.41) is 6.23. The fraction of sp³-hybridized carbons (Fsp3) is 0.412. The van der Waals surface area contributed by atoms with Crippen LogP contribution in [0.5, 0.6) is 0 Å². The number of carbonyl (C=O) groups is 3. The van der Waals surface area contributed by atoms with Crippen LogP contribution in [-0.2, 0) is 5.41 Å². The Kier molecular flexibility index (Phi) is 9.11. The molecular weight excluding hydrogens is 540 g/mol. The molecule has 9 heteroatoms. The van der Waals surface area contributed by atoms with E-state index in [-0.39, 0.29) is 35.2 Å². The Bertz CT molecular complexity index is 1440. The Balaban J connectivity index is 1.35. The highest BCUT2D eigenvalue weighted by Crippen LogP contribution is 2.30. The molecule has 1 saturated carbocycles. The quantitative estimate of drug-likeness (QED) is 0.391. The molecule has 1 aliphatic heterocycles. The van der Waals surface area contributed by atoms with Crippen LogP contribution in [0.25, 0.3) is 0 Å². The molecule has 2 aromatic carbocycles. The minimum absolute atomic E-state index is 0.0200. The first kappa shape index (κ1) is 30.2. The number of nitrogens with zero attached hydrogens (tertiary/aromatic N) is 3. The highest BCUT2D eigenvalue weighted by atomic mass is 16.2. The van der Waals surface area contributed by atoms with E-state index in [4.69, 9.17) is 5.73 Å². The van der Waals surface area contributed by atoms with Crippen molar-refractivity contribution in [2.24, 2.45) is 5.73 Å². The zero-order chi connectivity index (χ0) is 30.6. The van der Waals surface area contributed by atoms with Crippen molar-refractivity contribution in [1.82, 2.24) is 15.2 Å². The van der Waals surface area contributed by atoms with Crippen molar-refractivity contribution in [1.29, 1.82) is 0 Å². The molecule has 0 unspecified atom stereocenters. The Morgan fingerprint density at radius 1 is 0.837 bits per heavy atom. The third kappa shape index (κ3) is 7.40. The van der Waals surface area contributed by atoms with Gasteiger partial charge in [0.1, 0.15) is 0 Å². The number of hydrogen-bond acceptors (Lipinski definition) is 6. The maximum Gasteiger partial charge on any atom is 0.255 e. The molecule has 9 nitrogen and oxygen atoms in total. The molecular formula is C34H42N6O3. The van der Waals surface area contributed by atoms with Gasteiger partial charge in [-0.1, -0.05) is 32.9 Å². The lowest BCUT2D eigenvalue weighted by Crippen LogP contribution is -2.49. The first-order valence-electron chi connectivity index (χ1n) is 15.1. The van der Waals surface area contributed by atoms with E-state index >= 15 is 0 Å². The van der Waals surface area contributed by atoms with Crippen molar-refractivity contribution in [3.8, 4) is 0 Å². The maximum absolute atomic E-state index is 13.4. The number of pyridine rings is 1. The highest BCUT2D eigenvalue weighted by molar-refractivity contribution is 6.07. The van der Waals surface area contributed by atoms with Crippen LogP contribution in [0, 0.1) is 0 Å². The van der Waals surface area contributed by atoms with E-state index in [9.17, 15) is 14.4 Å². The van der Waals surface area contributed by atoms with Crippen LogP contribution in [0.3, 0.4) is 0 Å². The molecule has 3 amide bonds. The average molecular weight is 583 g/mol. The van der Waals surface area contributed by atoms with Gasteiger partial charge in [-0.3, -0.25) is 19.4 Å². The summed E-state index contributed by atoms with van der Waals surface area (Å²) in [4.78, 5) is 47.7. The number of nitrogens with one attached hydrogen (secondary N) is 2. The molecule has 1 saturated heterocycles. The SMILES string of the molecule is CC(C)(C)c1ccc(C(=O)Nc2cc(C(=O)NC3CCC(N)CC3)ccc2N2CCN(C(=O)c3cccnc3)CC2)cc1. The third-order valence-corrected chi connectivity index (χ3v) is 8.44. The van der Waals surface area contributed by atoms with Gasteiger partial charge in [-0.25, -0.2) is 0 Å². The van der Waals surface area contributed by atoms with E-state index in [2.05, 4.69) is 41.3 Å². The molecule has 226 valence electrons. The van der Waals surface area contributed by atoms with E-state index in [0.717, 1.165) is 36.9 Å². The molecule has 2 fully saturated rings. The Hall–Kier alpha value is -4.24. The van der Waals surface area contributed by atoms with Gasteiger partial charge < -0.3 is 26.2 Å². The molecule has 0 bridgehead atoms. The summed E-state index contributed by atoms with van der Waals surface area (Å²) in [6.45, 7) is 8.64. The zero-order valence-corrected chi connectivity index (χ0v) is 25.3. The normalized spacial score (nSPS) is 19.1. The lowest BCUT2D eigenvalue weighted by atomic mass is 9.86. The largest absolute Gasteiger partial charge is 0.366 e. The number of piperazine rings is 1. The van der Waals surface area contributed by atoms with Gasteiger partial charge in [0.25, 0.3) is 17.7 Å². The molecule has 1 aromatic heterocycles. The van der Waals surface area contributed by atoms with Gasteiger partial charge in [-0.15, -0.1) is 0 Å². The van der Waals surface area contributed by atoms with Gasteiger partial charge in [-0.05, 0) is 79.1 Å². The highest BCUT2D eigenvalue weighted by Gasteiger charge is 2.26. The van der Waals surface area contributed by atoms with Crippen molar-refractivity contribution in [2.75, 3.05) is 36.4 Å². The van der Waals surface area contributed by atoms with Crippen LogP contribution in [0.4, 0.5) is 11.4 Å². The van der Waals surface area contributed by atoms with Crippen molar-refractivity contribution in [2.45, 2.75) is 64.0 Å². The maximum atomic E-state index is 13.4. The smallest absolute Gasteiger partial charge is 0.255 e. The Morgan fingerprint density at radius 2 is 1.51 bits per heavy atom. The summed E-state index contributed by atoms with van der Waals surface area (Å²) < 4.78 is 0. The molecule has 0 atom stereocenters. The minimum atomic E-state index is -0.245. The molecule has 4 N–H and O–H groups in total. The predicted molar refractivity (Wildman–Crippen MR) is 170 cm³/mol. The van der Waals surface area contributed by atoms with Crippen molar-refractivity contribution >= 4 is 29.1 Å². The monoisotopic (exact) mass is 582 g/mol. The summed E-state index contributed by atoms with van der Waals surface area (Å²) in [5.41, 5.74) is 10.1. The first-order valence-corrected chi connectivity index (χ1v) is 15.1. The fourth-order valence-electron chi connectivity index (χ4n) is 5.72. The first-order chi connectivity index (χ1) is 20.6. The zero-order valence-electron chi connectivity index (χ0n) is 25.3. The summed E-state index contributed by atoms with van der Waals surface area (Å²) in [6.07, 6.45) is 6.76. The number of rotatable bonds is 6. The standard InChI is InChI=1S/C34H42N6O3/c1-34(2,3)26-9-6-23(7-10-26)31(41)38-29-21-24(32(42)37-28-13-11-27(35)12-14-28)8-15-30(29)39-17-19-40(20-18-39)33(43)25-5-4-16-36-22-25/h4-10,15-16,21-22,27-28H,11-14,17-20,35H2,1-3H3,(H,37,42)(H,38,41). The summed E-state index contributed by atoms with van der Waals surface area (Å²) in [7, 11) is 0. The average Bonchev–Trinajstić information content (AvgIpc) is 3.02. The van der Waals surface area contributed by atoms with Gasteiger partial charge in [0.2, 0.25) is 0 Å². The van der Waals surface area contributed by atoms with Crippen molar-refractivity contribution in [3.05, 3.63) is 89.2 Å². The number of nitrogens with two attached hydrogens (primary N) is 1. The van der Waals surface area contributed by atoms with Gasteiger partial charge in [0, 0.05) is 61.8 Å². The molecule has 0 radical (unpaired) electrons.